The van der Waals surface area contributed by atoms with Crippen molar-refractivity contribution in [1.29, 1.82) is 0 Å². The smallest absolute Gasteiger partial charge is 0.265 e. The van der Waals surface area contributed by atoms with Crippen LogP contribution in [0.25, 0.3) is 0 Å². The van der Waals surface area contributed by atoms with Crippen molar-refractivity contribution in [3.8, 4) is 0 Å². The minimum Gasteiger partial charge on any atom is -0.385 e. The highest BCUT2D eigenvalue weighted by Gasteiger charge is 2.22. The molecule has 1 aliphatic carbocycles. The molecule has 3 nitrogen and oxygen atoms in total. The molecule has 1 amide bonds. The van der Waals surface area contributed by atoms with Crippen molar-refractivity contribution < 1.29 is 18.7 Å². The van der Waals surface area contributed by atoms with Crippen molar-refractivity contribution in [1.82, 2.24) is 5.32 Å². The standard InChI is InChI=1S/C9H13F2NO2/c10-8(11)7(13)5-12-9(14)6-3-1-2-4-6/h1-2,6-8,13H,3-5H2,(H,12,14). The lowest BCUT2D eigenvalue weighted by Gasteiger charge is -2.13. The molecule has 5 heteroatoms. The van der Waals surface area contributed by atoms with Gasteiger partial charge in [-0.05, 0) is 12.8 Å². The van der Waals surface area contributed by atoms with E-state index in [0.29, 0.717) is 12.8 Å². The molecule has 0 heterocycles. The molecule has 1 atom stereocenters. The predicted molar refractivity (Wildman–Crippen MR) is 46.9 cm³/mol. The summed E-state index contributed by atoms with van der Waals surface area (Å²) in [5.74, 6) is -0.422. The summed E-state index contributed by atoms with van der Waals surface area (Å²) in [6.07, 6.45) is 0.486. The van der Waals surface area contributed by atoms with E-state index >= 15 is 0 Å². The highest BCUT2D eigenvalue weighted by molar-refractivity contribution is 5.79. The quantitative estimate of drug-likeness (QED) is 0.663. The number of amides is 1. The van der Waals surface area contributed by atoms with E-state index < -0.39 is 12.5 Å². The molecule has 0 spiro atoms. The SMILES string of the molecule is O=C(NCC(O)C(F)F)C1CC=CC1. The number of alkyl halides is 2. The lowest BCUT2D eigenvalue weighted by Crippen LogP contribution is -2.38. The number of hydrogen-bond acceptors (Lipinski definition) is 2. The summed E-state index contributed by atoms with van der Waals surface area (Å²) in [4.78, 5) is 11.3. The number of carbonyl (C=O) groups excluding carboxylic acids is 1. The zero-order valence-corrected chi connectivity index (χ0v) is 7.62. The summed E-state index contributed by atoms with van der Waals surface area (Å²) in [5, 5.41) is 11.0. The van der Waals surface area contributed by atoms with Crippen molar-refractivity contribution in [2.45, 2.75) is 25.4 Å². The van der Waals surface area contributed by atoms with Crippen LogP contribution in [-0.2, 0) is 4.79 Å². The van der Waals surface area contributed by atoms with E-state index in [1.165, 1.54) is 0 Å². The van der Waals surface area contributed by atoms with Crippen LogP contribution in [0.15, 0.2) is 12.2 Å². The number of aliphatic hydroxyl groups excluding tert-OH is 1. The number of hydrogen-bond donors (Lipinski definition) is 2. The molecule has 80 valence electrons. The Hall–Kier alpha value is -0.970. The van der Waals surface area contributed by atoms with Crippen LogP contribution in [-0.4, -0.2) is 30.1 Å². The Morgan fingerprint density at radius 1 is 1.50 bits per heavy atom. The zero-order valence-electron chi connectivity index (χ0n) is 7.62. The van der Waals surface area contributed by atoms with Crippen LogP contribution < -0.4 is 5.32 Å². The largest absolute Gasteiger partial charge is 0.385 e. The Morgan fingerprint density at radius 3 is 2.57 bits per heavy atom. The molecule has 2 N–H and O–H groups in total. The summed E-state index contributed by atoms with van der Waals surface area (Å²) in [5.41, 5.74) is 0. The first kappa shape index (κ1) is 11.1. The van der Waals surface area contributed by atoms with Gasteiger partial charge in [-0.1, -0.05) is 12.2 Å². The Bertz CT molecular complexity index is 223. The van der Waals surface area contributed by atoms with Crippen LogP contribution >= 0.6 is 0 Å². The molecule has 0 saturated heterocycles. The summed E-state index contributed by atoms with van der Waals surface area (Å²) < 4.78 is 23.7. The van der Waals surface area contributed by atoms with Crippen molar-refractivity contribution in [2.24, 2.45) is 5.92 Å². The number of carbonyl (C=O) groups is 1. The summed E-state index contributed by atoms with van der Waals surface area (Å²) in [7, 11) is 0. The number of aliphatic hydroxyl groups is 1. The molecule has 0 fully saturated rings. The van der Waals surface area contributed by atoms with Gasteiger partial charge in [0.05, 0.1) is 0 Å². The number of allylic oxidation sites excluding steroid dienone is 2. The summed E-state index contributed by atoms with van der Waals surface area (Å²) in [6.45, 7) is -0.382. The summed E-state index contributed by atoms with van der Waals surface area (Å²) >= 11 is 0. The van der Waals surface area contributed by atoms with Gasteiger partial charge in [-0.2, -0.15) is 0 Å². The molecule has 0 aromatic rings. The molecule has 1 unspecified atom stereocenters. The molecule has 0 saturated carbocycles. The lowest BCUT2D eigenvalue weighted by molar-refractivity contribution is -0.125. The van der Waals surface area contributed by atoms with Gasteiger partial charge < -0.3 is 10.4 Å². The Labute approximate surface area is 80.8 Å². The van der Waals surface area contributed by atoms with Crippen molar-refractivity contribution in [3.05, 3.63) is 12.2 Å². The zero-order chi connectivity index (χ0) is 10.6. The van der Waals surface area contributed by atoms with E-state index in [9.17, 15) is 13.6 Å². The normalized spacial score (nSPS) is 18.9. The highest BCUT2D eigenvalue weighted by Crippen LogP contribution is 2.17. The molecule has 1 aliphatic rings. The molecule has 1 rings (SSSR count). The molecule has 14 heavy (non-hydrogen) atoms. The average Bonchev–Trinajstić information content (AvgIpc) is 2.66. The third kappa shape index (κ3) is 3.06. The van der Waals surface area contributed by atoms with Gasteiger partial charge in [0.2, 0.25) is 5.91 Å². The van der Waals surface area contributed by atoms with Crippen LogP contribution in [0.3, 0.4) is 0 Å². The Balaban J connectivity index is 2.21. The average molecular weight is 205 g/mol. The second-order valence-corrected chi connectivity index (χ2v) is 3.29. The van der Waals surface area contributed by atoms with E-state index in [0.717, 1.165) is 0 Å². The lowest BCUT2D eigenvalue weighted by atomic mass is 10.1. The van der Waals surface area contributed by atoms with E-state index in [2.05, 4.69) is 5.32 Å². The Morgan fingerprint density at radius 2 is 2.07 bits per heavy atom. The Kier molecular flexibility index (Phi) is 4.00. The second kappa shape index (κ2) is 5.05. The van der Waals surface area contributed by atoms with Crippen LogP contribution in [0.1, 0.15) is 12.8 Å². The third-order valence-electron chi connectivity index (χ3n) is 2.15. The van der Waals surface area contributed by atoms with Gasteiger partial charge in [-0.25, -0.2) is 8.78 Å². The van der Waals surface area contributed by atoms with E-state index in [-0.39, 0.29) is 18.4 Å². The summed E-state index contributed by atoms with van der Waals surface area (Å²) in [6, 6.07) is 0. The first-order valence-corrected chi connectivity index (χ1v) is 4.50. The van der Waals surface area contributed by atoms with Gasteiger partial charge >= 0.3 is 0 Å². The fourth-order valence-electron chi connectivity index (χ4n) is 1.27. The van der Waals surface area contributed by atoms with Gasteiger partial charge in [-0.3, -0.25) is 4.79 Å². The van der Waals surface area contributed by atoms with Crippen LogP contribution in [0.2, 0.25) is 0 Å². The molecular formula is C9H13F2NO2. The first-order chi connectivity index (χ1) is 6.61. The van der Waals surface area contributed by atoms with Crippen LogP contribution in [0.4, 0.5) is 8.78 Å². The minimum absolute atomic E-state index is 0.153. The van der Waals surface area contributed by atoms with E-state index in [4.69, 9.17) is 5.11 Å². The topological polar surface area (TPSA) is 49.3 Å². The van der Waals surface area contributed by atoms with Crippen molar-refractivity contribution >= 4 is 5.91 Å². The second-order valence-electron chi connectivity index (χ2n) is 3.29. The van der Waals surface area contributed by atoms with E-state index in [1.807, 2.05) is 12.2 Å². The molecular weight excluding hydrogens is 192 g/mol. The van der Waals surface area contributed by atoms with Gasteiger partial charge in [-0.15, -0.1) is 0 Å². The minimum atomic E-state index is -2.81. The molecule has 0 radical (unpaired) electrons. The van der Waals surface area contributed by atoms with Gasteiger partial charge in [0.1, 0.15) is 6.10 Å². The number of nitrogens with one attached hydrogen (secondary N) is 1. The maximum atomic E-state index is 11.8. The number of halogens is 2. The maximum absolute atomic E-state index is 11.8. The third-order valence-corrected chi connectivity index (χ3v) is 2.15. The van der Waals surface area contributed by atoms with Gasteiger partial charge in [0.15, 0.2) is 0 Å². The highest BCUT2D eigenvalue weighted by atomic mass is 19.3. The molecule has 0 aromatic heterocycles. The molecule has 0 aromatic carbocycles. The fraction of sp³-hybridized carbons (Fsp3) is 0.667. The molecule has 0 aliphatic heterocycles. The predicted octanol–water partition coefficient (Wildman–Crippen LogP) is 0.695. The van der Waals surface area contributed by atoms with Gasteiger partial charge in [0.25, 0.3) is 6.43 Å². The molecule has 0 bridgehead atoms. The van der Waals surface area contributed by atoms with Gasteiger partial charge in [0, 0.05) is 12.5 Å². The van der Waals surface area contributed by atoms with E-state index in [1.54, 1.807) is 0 Å². The van der Waals surface area contributed by atoms with Crippen LogP contribution in [0, 0.1) is 5.92 Å². The first-order valence-electron chi connectivity index (χ1n) is 4.50. The monoisotopic (exact) mass is 205 g/mol. The van der Waals surface area contributed by atoms with Crippen molar-refractivity contribution in [2.75, 3.05) is 6.54 Å². The number of rotatable bonds is 4. The van der Waals surface area contributed by atoms with Crippen molar-refractivity contribution in [3.63, 3.8) is 0 Å². The fourth-order valence-corrected chi connectivity index (χ4v) is 1.27. The maximum Gasteiger partial charge on any atom is 0.265 e. The van der Waals surface area contributed by atoms with Crippen LogP contribution in [0.5, 0.6) is 0 Å².